The molecule has 6 rings (SSSR count). The largest absolute Gasteiger partial charge is 0.354 e. The molecule has 1 aliphatic carbocycles. The third-order valence-corrected chi connectivity index (χ3v) is 7.19. The highest BCUT2D eigenvalue weighted by molar-refractivity contribution is 6.12. The Kier molecular flexibility index (Phi) is 5.22. The van der Waals surface area contributed by atoms with Crippen LogP contribution in [0, 0.1) is 17.0 Å². The number of carbonyl (C=O) groups is 1. The quantitative estimate of drug-likeness (QED) is 0.208. The summed E-state index contributed by atoms with van der Waals surface area (Å²) in [5, 5.41) is 18.0. The van der Waals surface area contributed by atoms with Crippen molar-refractivity contribution in [1.29, 1.82) is 0 Å². The van der Waals surface area contributed by atoms with E-state index in [1.165, 1.54) is 0 Å². The van der Waals surface area contributed by atoms with Crippen molar-refractivity contribution in [3.05, 3.63) is 140 Å². The Balaban J connectivity index is 1.64. The first-order chi connectivity index (χ1) is 17.5. The van der Waals surface area contributed by atoms with Crippen molar-refractivity contribution in [2.75, 3.05) is 0 Å². The summed E-state index contributed by atoms with van der Waals surface area (Å²) in [5.74, 6) is -0.235. The van der Waals surface area contributed by atoms with E-state index < -0.39 is 4.92 Å². The van der Waals surface area contributed by atoms with E-state index >= 15 is 0 Å². The summed E-state index contributed by atoms with van der Waals surface area (Å²) in [5.41, 5.74) is 4.36. The Bertz CT molecular complexity index is 1600. The lowest BCUT2D eigenvalue weighted by molar-refractivity contribution is -0.386. The number of nitro groups is 1. The second-order valence-corrected chi connectivity index (χ2v) is 9.16. The average Bonchev–Trinajstić information content (AvgIpc) is 3.28. The first-order valence-electron chi connectivity index (χ1n) is 11.8. The molecular weight excluding hydrogens is 452 g/mol. The maximum absolute atomic E-state index is 13.4. The molecule has 5 aromatic rings. The summed E-state index contributed by atoms with van der Waals surface area (Å²) >= 11 is 0. The molecule has 1 aliphatic rings. The number of carbonyl (C=O) groups excluding carboxylic acids is 1. The normalized spacial score (nSPS) is 13.9. The monoisotopic (exact) mass is 474 g/mol. The lowest BCUT2D eigenvalue weighted by atomic mass is 9.68. The van der Waals surface area contributed by atoms with E-state index in [1.807, 2.05) is 66.7 Å². The number of benzene rings is 4. The van der Waals surface area contributed by atoms with Crippen LogP contribution in [0.25, 0.3) is 10.8 Å². The van der Waals surface area contributed by atoms with Gasteiger partial charge in [0, 0.05) is 29.4 Å². The molecule has 0 N–H and O–H groups in total. The number of hydrogen-bond acceptors (Lipinski definition) is 5. The van der Waals surface area contributed by atoms with Crippen molar-refractivity contribution in [2.45, 2.75) is 25.2 Å². The van der Waals surface area contributed by atoms with Gasteiger partial charge in [0.1, 0.15) is 0 Å². The van der Waals surface area contributed by atoms with Crippen LogP contribution in [-0.2, 0) is 6.42 Å². The van der Waals surface area contributed by atoms with Crippen molar-refractivity contribution in [1.82, 2.24) is 5.16 Å². The molecule has 176 valence electrons. The van der Waals surface area contributed by atoms with E-state index in [0.717, 1.165) is 27.5 Å². The number of aromatic nitrogens is 1. The number of ketones is 1. The van der Waals surface area contributed by atoms with Crippen LogP contribution in [0.15, 0.2) is 95.5 Å². The molecule has 0 saturated carbocycles. The van der Waals surface area contributed by atoms with Crippen molar-refractivity contribution in [3.63, 3.8) is 0 Å². The lowest BCUT2D eigenvalue weighted by Crippen LogP contribution is -2.25. The Morgan fingerprint density at radius 1 is 0.889 bits per heavy atom. The van der Waals surface area contributed by atoms with Gasteiger partial charge in [0.05, 0.1) is 4.92 Å². The SMILES string of the molecule is Cc1noc(CC(c2cccc3ccccc23)C2c3ccccc3C(=O)c3ccccc32)c1[N+](=O)[O-]. The summed E-state index contributed by atoms with van der Waals surface area (Å²) in [6.45, 7) is 1.59. The smallest absolute Gasteiger partial charge is 0.334 e. The van der Waals surface area contributed by atoms with Gasteiger partial charge in [0.2, 0.25) is 5.76 Å². The number of aryl methyl sites for hydroxylation is 1. The highest BCUT2D eigenvalue weighted by atomic mass is 16.6. The zero-order valence-corrected chi connectivity index (χ0v) is 19.5. The predicted octanol–water partition coefficient (Wildman–Crippen LogP) is 6.75. The molecule has 6 heteroatoms. The van der Waals surface area contributed by atoms with Crippen LogP contribution in [0.3, 0.4) is 0 Å². The maximum Gasteiger partial charge on any atom is 0.334 e. The number of rotatable bonds is 5. The van der Waals surface area contributed by atoms with Crippen molar-refractivity contribution in [3.8, 4) is 0 Å². The molecule has 1 unspecified atom stereocenters. The minimum atomic E-state index is -0.423. The van der Waals surface area contributed by atoms with Gasteiger partial charge >= 0.3 is 5.69 Å². The fourth-order valence-corrected chi connectivity index (χ4v) is 5.66. The topological polar surface area (TPSA) is 86.2 Å². The molecule has 1 atom stereocenters. The fraction of sp³-hybridized carbons (Fsp3) is 0.133. The third-order valence-electron chi connectivity index (χ3n) is 7.19. The van der Waals surface area contributed by atoms with Crippen molar-refractivity contribution >= 4 is 22.2 Å². The molecule has 1 heterocycles. The van der Waals surface area contributed by atoms with Crippen LogP contribution in [0.1, 0.15) is 55.9 Å². The molecular formula is C30H22N2O4. The zero-order chi connectivity index (χ0) is 24.8. The highest BCUT2D eigenvalue weighted by Crippen LogP contribution is 2.48. The average molecular weight is 475 g/mol. The Morgan fingerprint density at radius 2 is 1.50 bits per heavy atom. The van der Waals surface area contributed by atoms with E-state index in [1.54, 1.807) is 6.92 Å². The number of fused-ring (bicyclic) bond motifs is 3. The minimum Gasteiger partial charge on any atom is -0.354 e. The standard InChI is InChI=1S/C30H22N2O4/c1-18-29(32(34)35)27(36-31-18)17-26(21-16-8-10-19-9-2-3-11-20(19)21)28-22-12-4-6-14-24(22)30(33)25-15-7-5-13-23(25)28/h2-16,26,28H,17H2,1H3. The lowest BCUT2D eigenvalue weighted by Gasteiger charge is -2.34. The maximum atomic E-state index is 13.4. The van der Waals surface area contributed by atoms with E-state index in [9.17, 15) is 14.9 Å². The molecule has 36 heavy (non-hydrogen) atoms. The summed E-state index contributed by atoms with van der Waals surface area (Å²) < 4.78 is 5.55. The summed E-state index contributed by atoms with van der Waals surface area (Å²) in [7, 11) is 0. The van der Waals surface area contributed by atoms with Crippen LogP contribution < -0.4 is 0 Å². The Hall–Kier alpha value is -4.58. The number of hydrogen-bond donors (Lipinski definition) is 0. The van der Waals surface area contributed by atoms with Gasteiger partial charge in [-0.2, -0.15) is 0 Å². The molecule has 0 radical (unpaired) electrons. The fourth-order valence-electron chi connectivity index (χ4n) is 5.66. The van der Waals surface area contributed by atoms with Crippen LogP contribution >= 0.6 is 0 Å². The molecule has 1 aromatic heterocycles. The van der Waals surface area contributed by atoms with Gasteiger partial charge in [-0.15, -0.1) is 0 Å². The van der Waals surface area contributed by atoms with E-state index in [4.69, 9.17) is 4.52 Å². The van der Waals surface area contributed by atoms with Gasteiger partial charge in [-0.1, -0.05) is 96.2 Å². The van der Waals surface area contributed by atoms with Crippen molar-refractivity contribution in [2.24, 2.45) is 0 Å². The first kappa shape index (κ1) is 21.9. The molecule has 4 aromatic carbocycles. The van der Waals surface area contributed by atoms with Gasteiger partial charge in [-0.25, -0.2) is 0 Å². The minimum absolute atomic E-state index is 0.00406. The van der Waals surface area contributed by atoms with Crippen LogP contribution in [-0.4, -0.2) is 15.9 Å². The first-order valence-corrected chi connectivity index (χ1v) is 11.8. The van der Waals surface area contributed by atoms with E-state index in [-0.39, 0.29) is 41.2 Å². The third kappa shape index (κ3) is 3.41. The van der Waals surface area contributed by atoms with Gasteiger partial charge in [-0.3, -0.25) is 14.9 Å². The van der Waals surface area contributed by atoms with E-state index in [0.29, 0.717) is 11.1 Å². The van der Waals surface area contributed by atoms with Gasteiger partial charge in [-0.05, 0) is 34.4 Å². The van der Waals surface area contributed by atoms with Crippen LogP contribution in [0.5, 0.6) is 0 Å². The molecule has 0 fully saturated rings. The summed E-state index contributed by atoms with van der Waals surface area (Å²) in [6, 6.07) is 29.6. The predicted molar refractivity (Wildman–Crippen MR) is 136 cm³/mol. The molecule has 6 nitrogen and oxygen atoms in total. The van der Waals surface area contributed by atoms with Gasteiger partial charge < -0.3 is 4.52 Å². The van der Waals surface area contributed by atoms with Gasteiger partial charge in [0.25, 0.3) is 0 Å². The van der Waals surface area contributed by atoms with Crippen molar-refractivity contribution < 1.29 is 14.2 Å². The zero-order valence-electron chi connectivity index (χ0n) is 19.5. The Labute approximate surface area is 207 Å². The second-order valence-electron chi connectivity index (χ2n) is 9.16. The van der Waals surface area contributed by atoms with E-state index in [2.05, 4.69) is 29.4 Å². The molecule has 0 bridgehead atoms. The molecule has 0 spiro atoms. The highest BCUT2D eigenvalue weighted by Gasteiger charge is 2.39. The van der Waals surface area contributed by atoms with Gasteiger partial charge in [0.15, 0.2) is 11.5 Å². The summed E-state index contributed by atoms with van der Waals surface area (Å²) in [6.07, 6.45) is 0.257. The second kappa shape index (κ2) is 8.57. The number of nitrogens with zero attached hydrogens (tertiary/aromatic N) is 2. The Morgan fingerprint density at radius 3 is 2.19 bits per heavy atom. The summed E-state index contributed by atoms with van der Waals surface area (Å²) in [4.78, 5) is 24.9. The van der Waals surface area contributed by atoms with Crippen LogP contribution in [0.4, 0.5) is 5.69 Å². The molecule has 0 saturated heterocycles. The van der Waals surface area contributed by atoms with Crippen LogP contribution in [0.2, 0.25) is 0 Å². The molecule has 0 amide bonds. The molecule has 0 aliphatic heterocycles.